The summed E-state index contributed by atoms with van der Waals surface area (Å²) in [7, 11) is -3.86. The van der Waals surface area contributed by atoms with Crippen molar-refractivity contribution in [2.24, 2.45) is 0 Å². The number of rotatable bonds is 7. The van der Waals surface area contributed by atoms with E-state index in [1.165, 1.54) is 18.2 Å². The van der Waals surface area contributed by atoms with Gasteiger partial charge in [-0.3, -0.25) is 4.57 Å². The molecule has 8 nitrogen and oxygen atoms in total. The predicted octanol–water partition coefficient (Wildman–Crippen LogP) is 4.02. The van der Waals surface area contributed by atoms with Gasteiger partial charge in [0.2, 0.25) is 10.0 Å². The molecule has 154 valence electrons. The molecule has 1 atom stereocenters. The maximum atomic E-state index is 12.7. The molecule has 0 fully saturated rings. The molecule has 0 aliphatic heterocycles. The molecule has 0 saturated carbocycles. The van der Waals surface area contributed by atoms with Crippen molar-refractivity contribution in [2.75, 3.05) is 5.73 Å². The molecule has 0 radical (unpaired) electrons. The van der Waals surface area contributed by atoms with E-state index in [1.54, 1.807) is 35.8 Å². The van der Waals surface area contributed by atoms with Crippen molar-refractivity contribution in [1.82, 2.24) is 19.5 Å². The van der Waals surface area contributed by atoms with Gasteiger partial charge in [0.1, 0.15) is 5.75 Å². The van der Waals surface area contributed by atoms with Crippen molar-refractivity contribution in [2.45, 2.75) is 31.3 Å². The number of anilines is 1. The summed E-state index contributed by atoms with van der Waals surface area (Å²) in [6, 6.07) is 10.5. The summed E-state index contributed by atoms with van der Waals surface area (Å²) in [6.45, 7) is 4.01. The molecular formula is C18H19Cl2N5O3S. The van der Waals surface area contributed by atoms with Gasteiger partial charge in [0.25, 0.3) is 0 Å². The third-order valence-corrected chi connectivity index (χ3v) is 6.33. The smallest absolute Gasteiger partial charge is 0.322 e. The van der Waals surface area contributed by atoms with Gasteiger partial charge in [-0.05, 0) is 44.2 Å². The van der Waals surface area contributed by atoms with E-state index >= 15 is 0 Å². The Morgan fingerprint density at radius 3 is 2.59 bits per heavy atom. The van der Waals surface area contributed by atoms with E-state index < -0.39 is 16.1 Å². The molecule has 1 aromatic heterocycles. The highest BCUT2D eigenvalue weighted by Gasteiger charge is 2.24. The Morgan fingerprint density at radius 1 is 1.17 bits per heavy atom. The number of nitrogens with two attached hydrogens (primary N) is 1. The van der Waals surface area contributed by atoms with Crippen LogP contribution in [-0.4, -0.2) is 23.2 Å². The molecule has 0 spiro atoms. The zero-order valence-electron chi connectivity index (χ0n) is 15.6. The number of sulfonamides is 1. The second-order valence-electron chi connectivity index (χ2n) is 6.18. The van der Waals surface area contributed by atoms with E-state index in [0.29, 0.717) is 23.8 Å². The van der Waals surface area contributed by atoms with E-state index in [0.717, 1.165) is 0 Å². The first-order valence-corrected chi connectivity index (χ1v) is 10.9. The zero-order valence-corrected chi connectivity index (χ0v) is 18.0. The maximum absolute atomic E-state index is 12.7. The summed E-state index contributed by atoms with van der Waals surface area (Å²) >= 11 is 11.8. The average Bonchev–Trinajstić information content (AvgIpc) is 3.06. The van der Waals surface area contributed by atoms with Crippen LogP contribution in [0.2, 0.25) is 10.0 Å². The summed E-state index contributed by atoms with van der Waals surface area (Å²) in [6.07, 6.45) is 0. The number of hydrogen-bond donors (Lipinski definition) is 2. The van der Waals surface area contributed by atoms with Gasteiger partial charge in [0, 0.05) is 18.3 Å². The Balaban J connectivity index is 1.84. The van der Waals surface area contributed by atoms with E-state index in [1.807, 2.05) is 6.92 Å². The van der Waals surface area contributed by atoms with E-state index in [9.17, 15) is 8.42 Å². The van der Waals surface area contributed by atoms with Crippen LogP contribution in [0.25, 0.3) is 0 Å². The third kappa shape index (κ3) is 4.81. The lowest BCUT2D eigenvalue weighted by molar-refractivity contribution is 0.408. The van der Waals surface area contributed by atoms with E-state index in [-0.39, 0.29) is 21.0 Å². The molecule has 3 N–H and O–H groups in total. The second kappa shape index (κ2) is 8.58. The van der Waals surface area contributed by atoms with Crippen LogP contribution in [0.1, 0.15) is 25.7 Å². The fourth-order valence-electron chi connectivity index (χ4n) is 2.67. The highest BCUT2D eigenvalue weighted by molar-refractivity contribution is 7.89. The summed E-state index contributed by atoms with van der Waals surface area (Å²) in [4.78, 5) is -0.00227. The number of benzene rings is 2. The topological polar surface area (TPSA) is 112 Å². The minimum atomic E-state index is -3.86. The average molecular weight is 456 g/mol. The molecule has 0 saturated heterocycles. The number of nitrogens with one attached hydrogen (secondary N) is 1. The van der Waals surface area contributed by atoms with E-state index in [4.69, 9.17) is 33.7 Å². The molecule has 0 aliphatic carbocycles. The van der Waals surface area contributed by atoms with Crippen molar-refractivity contribution in [1.29, 1.82) is 0 Å². The third-order valence-electron chi connectivity index (χ3n) is 4.05. The van der Waals surface area contributed by atoms with Gasteiger partial charge < -0.3 is 10.5 Å². The molecule has 1 heterocycles. The zero-order chi connectivity index (χ0) is 21.2. The lowest BCUT2D eigenvalue weighted by Gasteiger charge is -2.15. The van der Waals surface area contributed by atoms with Crippen LogP contribution in [0.5, 0.6) is 11.8 Å². The fraction of sp³-hybridized carbons (Fsp3) is 0.222. The predicted molar refractivity (Wildman–Crippen MR) is 112 cm³/mol. The number of halogens is 2. The highest BCUT2D eigenvalue weighted by Crippen LogP contribution is 2.27. The molecule has 3 aromatic rings. The van der Waals surface area contributed by atoms with Crippen LogP contribution in [-0.2, 0) is 16.6 Å². The van der Waals surface area contributed by atoms with Gasteiger partial charge in [0.15, 0.2) is 5.82 Å². The van der Waals surface area contributed by atoms with Crippen molar-refractivity contribution in [3.8, 4) is 11.8 Å². The largest absolute Gasteiger partial charge is 0.424 e. The molecule has 2 aromatic carbocycles. The summed E-state index contributed by atoms with van der Waals surface area (Å²) in [5.41, 5.74) is 6.31. The first kappa shape index (κ1) is 21.4. The SMILES string of the molecule is CCn1c(Oc2cccc(N)c2)nnc1[C@@H](C)NS(=O)(=O)c1ccc(Cl)c(Cl)c1. The van der Waals surface area contributed by atoms with Crippen LogP contribution < -0.4 is 15.2 Å². The Hall–Kier alpha value is -2.33. The Morgan fingerprint density at radius 2 is 1.93 bits per heavy atom. The number of aromatic nitrogens is 3. The van der Waals surface area contributed by atoms with Gasteiger partial charge in [-0.2, -0.15) is 0 Å². The molecule has 0 amide bonds. The molecular weight excluding hydrogens is 437 g/mol. The number of ether oxygens (including phenoxy) is 1. The standard InChI is InChI=1S/C18H19Cl2N5O3S/c1-3-25-17(22-23-18(25)28-13-6-4-5-12(21)9-13)11(2)24-29(26,27)14-7-8-15(19)16(20)10-14/h4-11,24H,3,21H2,1-2H3/t11-/m1/s1. The van der Waals surface area contributed by atoms with Gasteiger partial charge in [0.05, 0.1) is 21.0 Å². The van der Waals surface area contributed by atoms with Crippen LogP contribution in [0.3, 0.4) is 0 Å². The first-order chi connectivity index (χ1) is 13.7. The second-order valence-corrected chi connectivity index (χ2v) is 8.71. The van der Waals surface area contributed by atoms with Crippen LogP contribution >= 0.6 is 23.2 Å². The monoisotopic (exact) mass is 455 g/mol. The number of nitrogens with zero attached hydrogens (tertiary/aromatic N) is 3. The number of hydrogen-bond acceptors (Lipinski definition) is 6. The summed E-state index contributed by atoms with van der Waals surface area (Å²) < 4.78 is 35.4. The minimum Gasteiger partial charge on any atom is -0.424 e. The van der Waals surface area contributed by atoms with Gasteiger partial charge in [-0.1, -0.05) is 34.4 Å². The highest BCUT2D eigenvalue weighted by atomic mass is 35.5. The number of nitrogen functional groups attached to an aromatic ring is 1. The van der Waals surface area contributed by atoms with E-state index in [2.05, 4.69) is 14.9 Å². The van der Waals surface area contributed by atoms with Gasteiger partial charge >= 0.3 is 6.01 Å². The molecule has 29 heavy (non-hydrogen) atoms. The quantitative estimate of drug-likeness (QED) is 0.520. The van der Waals surface area contributed by atoms with Crippen LogP contribution in [0.15, 0.2) is 47.4 Å². The van der Waals surface area contributed by atoms with Gasteiger partial charge in [-0.25, -0.2) is 13.1 Å². The molecule has 0 bridgehead atoms. The normalized spacial score (nSPS) is 12.7. The van der Waals surface area contributed by atoms with Crippen molar-refractivity contribution >= 4 is 38.9 Å². The Kier molecular flexibility index (Phi) is 6.33. The Labute approximate surface area is 178 Å². The lowest BCUT2D eigenvalue weighted by Crippen LogP contribution is -2.29. The van der Waals surface area contributed by atoms with Crippen LogP contribution in [0, 0.1) is 0 Å². The lowest BCUT2D eigenvalue weighted by atomic mass is 10.3. The molecule has 0 aliphatic rings. The first-order valence-electron chi connectivity index (χ1n) is 8.65. The molecule has 3 rings (SSSR count). The maximum Gasteiger partial charge on any atom is 0.322 e. The van der Waals surface area contributed by atoms with Crippen molar-refractivity contribution in [3.63, 3.8) is 0 Å². The summed E-state index contributed by atoms with van der Waals surface area (Å²) in [5, 5.41) is 8.56. The fourth-order valence-corrected chi connectivity index (χ4v) is 4.26. The van der Waals surface area contributed by atoms with Crippen LogP contribution in [0.4, 0.5) is 5.69 Å². The van der Waals surface area contributed by atoms with Gasteiger partial charge in [-0.15, -0.1) is 5.10 Å². The Bertz CT molecular complexity index is 1130. The van der Waals surface area contributed by atoms with Crippen molar-refractivity contribution in [3.05, 3.63) is 58.3 Å². The molecule has 11 heteroatoms. The molecule has 0 unspecified atom stereocenters. The minimum absolute atomic E-state index is 0.00227. The van der Waals surface area contributed by atoms with Crippen molar-refractivity contribution < 1.29 is 13.2 Å². The summed E-state index contributed by atoms with van der Waals surface area (Å²) in [5.74, 6) is 0.901.